The van der Waals surface area contributed by atoms with Crippen LogP contribution in [-0.4, -0.2) is 7.11 Å². The third-order valence-corrected chi connectivity index (χ3v) is 2.07. The Morgan fingerprint density at radius 1 is 1.33 bits per heavy atom. The molecule has 1 aromatic rings. The Labute approximate surface area is 70.4 Å². The summed E-state index contributed by atoms with van der Waals surface area (Å²) in [5, 5.41) is 0. The first-order chi connectivity index (χ1) is 5.64. The number of para-hydroxylation sites is 1. The van der Waals surface area contributed by atoms with Crippen molar-refractivity contribution in [1.82, 2.24) is 0 Å². The molecule has 1 aromatic carbocycles. The third-order valence-electron chi connectivity index (χ3n) is 1.18. The normalized spacial score (nSPS) is 15.2. The van der Waals surface area contributed by atoms with Crippen LogP contribution >= 0.6 is 7.82 Å². The molecule has 0 saturated heterocycles. The first kappa shape index (κ1) is 9.26. The van der Waals surface area contributed by atoms with Crippen molar-refractivity contribution in [2.75, 3.05) is 7.11 Å². The molecule has 0 aliphatic heterocycles. The molecular weight excluding hydrogens is 179 g/mol. The Bertz CT molecular complexity index is 285. The summed E-state index contributed by atoms with van der Waals surface area (Å²) in [5.74, 6) is 0.248. The van der Waals surface area contributed by atoms with Gasteiger partial charge >= 0.3 is 7.82 Å². The summed E-state index contributed by atoms with van der Waals surface area (Å²) < 4.78 is 19.4. The average Bonchev–Trinajstić information content (AvgIpc) is 2.06. The van der Waals surface area contributed by atoms with Crippen LogP contribution in [-0.2, 0) is 9.09 Å². The Morgan fingerprint density at radius 3 is 2.42 bits per heavy atom. The van der Waals surface area contributed by atoms with Crippen LogP contribution in [0, 0.1) is 0 Å². The van der Waals surface area contributed by atoms with E-state index in [1.54, 1.807) is 18.2 Å². The van der Waals surface area contributed by atoms with Gasteiger partial charge in [0.25, 0.3) is 0 Å². The molecule has 0 heterocycles. The molecule has 1 rings (SSSR count). The van der Waals surface area contributed by atoms with Crippen LogP contribution in [0.1, 0.15) is 0 Å². The van der Waals surface area contributed by atoms with Gasteiger partial charge in [0, 0.05) is 7.11 Å². The van der Waals surface area contributed by atoms with Gasteiger partial charge in [0.15, 0.2) is 0 Å². The van der Waals surface area contributed by atoms with Gasteiger partial charge in [-0.2, -0.15) is 0 Å². The number of rotatable bonds is 3. The van der Waals surface area contributed by atoms with E-state index in [0.717, 1.165) is 7.11 Å². The van der Waals surface area contributed by atoms with Crippen LogP contribution in [0.25, 0.3) is 0 Å². The van der Waals surface area contributed by atoms with E-state index in [-0.39, 0.29) is 5.75 Å². The molecule has 5 heteroatoms. The van der Waals surface area contributed by atoms with Crippen molar-refractivity contribution in [2.24, 2.45) is 0 Å². The quantitative estimate of drug-likeness (QED) is 0.666. The number of hydrogen-bond donors (Lipinski definition) is 0. The zero-order valence-electron chi connectivity index (χ0n) is 6.47. The van der Waals surface area contributed by atoms with Crippen LogP contribution in [0.5, 0.6) is 5.75 Å². The molecule has 0 spiro atoms. The molecule has 0 amide bonds. The lowest BCUT2D eigenvalue weighted by Crippen LogP contribution is -2.08. The summed E-state index contributed by atoms with van der Waals surface area (Å²) in [6, 6.07) is 8.17. The first-order valence-corrected chi connectivity index (χ1v) is 4.71. The van der Waals surface area contributed by atoms with Crippen molar-refractivity contribution >= 4 is 7.82 Å². The van der Waals surface area contributed by atoms with Crippen LogP contribution < -0.4 is 9.42 Å². The largest absolute Gasteiger partial charge is 0.746 e. The van der Waals surface area contributed by atoms with Crippen molar-refractivity contribution in [1.29, 1.82) is 0 Å². The maximum atomic E-state index is 10.8. The van der Waals surface area contributed by atoms with Crippen molar-refractivity contribution in [3.63, 3.8) is 0 Å². The SMILES string of the molecule is COP(=O)([O-])Oc1ccccc1. The van der Waals surface area contributed by atoms with Crippen molar-refractivity contribution in [2.45, 2.75) is 0 Å². The number of phosphoric acid groups is 1. The average molecular weight is 187 g/mol. The minimum Gasteiger partial charge on any atom is -0.746 e. The van der Waals surface area contributed by atoms with E-state index in [0.29, 0.717) is 0 Å². The minimum absolute atomic E-state index is 0.248. The Balaban J connectivity index is 2.71. The lowest BCUT2D eigenvalue weighted by molar-refractivity contribution is -0.214. The van der Waals surface area contributed by atoms with Crippen LogP contribution in [0.3, 0.4) is 0 Å². The summed E-state index contributed by atoms with van der Waals surface area (Å²) in [4.78, 5) is 10.8. The van der Waals surface area contributed by atoms with Gasteiger partial charge in [0.2, 0.25) is 0 Å². The highest BCUT2D eigenvalue weighted by atomic mass is 31.2. The molecule has 66 valence electrons. The van der Waals surface area contributed by atoms with Crippen molar-refractivity contribution in [3.8, 4) is 5.75 Å². The van der Waals surface area contributed by atoms with Crippen molar-refractivity contribution in [3.05, 3.63) is 30.3 Å². The number of benzene rings is 1. The van der Waals surface area contributed by atoms with Crippen LogP contribution in [0.15, 0.2) is 30.3 Å². The molecule has 1 unspecified atom stereocenters. The van der Waals surface area contributed by atoms with Crippen LogP contribution in [0.2, 0.25) is 0 Å². The molecule has 12 heavy (non-hydrogen) atoms. The molecule has 1 atom stereocenters. The monoisotopic (exact) mass is 187 g/mol. The molecule has 0 aliphatic carbocycles. The van der Waals surface area contributed by atoms with Gasteiger partial charge in [0.1, 0.15) is 5.75 Å². The highest BCUT2D eigenvalue weighted by Gasteiger charge is 2.06. The van der Waals surface area contributed by atoms with E-state index in [9.17, 15) is 9.46 Å². The minimum atomic E-state index is -4.15. The lowest BCUT2D eigenvalue weighted by Gasteiger charge is -2.20. The fourth-order valence-electron chi connectivity index (χ4n) is 0.648. The maximum Gasteiger partial charge on any atom is 0.319 e. The molecule has 0 aliphatic rings. The Morgan fingerprint density at radius 2 is 1.92 bits per heavy atom. The lowest BCUT2D eigenvalue weighted by atomic mass is 10.3. The molecular formula is C7H8O4P-. The Kier molecular flexibility index (Phi) is 2.87. The third kappa shape index (κ3) is 2.66. The summed E-state index contributed by atoms with van der Waals surface area (Å²) in [6.45, 7) is 0. The summed E-state index contributed by atoms with van der Waals surface area (Å²) in [6.07, 6.45) is 0. The second kappa shape index (κ2) is 3.72. The zero-order chi connectivity index (χ0) is 9.03. The summed E-state index contributed by atoms with van der Waals surface area (Å²) in [7, 11) is -3.09. The van der Waals surface area contributed by atoms with Crippen molar-refractivity contribution < 1.29 is 18.5 Å². The van der Waals surface area contributed by atoms with Gasteiger partial charge < -0.3 is 13.9 Å². The molecule has 0 N–H and O–H groups in total. The fourth-order valence-corrected chi connectivity index (χ4v) is 1.10. The van der Waals surface area contributed by atoms with Crippen LogP contribution in [0.4, 0.5) is 0 Å². The standard InChI is InChI=1S/C7H9O4P/c1-10-12(8,9)11-7-5-3-2-4-6-7/h2-6H,1H3,(H,8,9)/p-1. The van der Waals surface area contributed by atoms with Gasteiger partial charge in [-0.3, -0.25) is 4.57 Å². The summed E-state index contributed by atoms with van der Waals surface area (Å²) in [5.41, 5.74) is 0. The van der Waals surface area contributed by atoms with E-state index < -0.39 is 7.82 Å². The predicted molar refractivity (Wildman–Crippen MR) is 41.7 cm³/mol. The maximum absolute atomic E-state index is 10.8. The van der Waals surface area contributed by atoms with E-state index in [2.05, 4.69) is 9.05 Å². The topological polar surface area (TPSA) is 58.6 Å². The molecule has 0 radical (unpaired) electrons. The van der Waals surface area contributed by atoms with Gasteiger partial charge in [-0.05, 0) is 12.1 Å². The molecule has 0 saturated carbocycles. The highest BCUT2D eigenvalue weighted by Crippen LogP contribution is 2.37. The molecule has 0 fully saturated rings. The van der Waals surface area contributed by atoms with E-state index in [1.165, 1.54) is 12.1 Å². The zero-order valence-corrected chi connectivity index (χ0v) is 7.36. The number of hydrogen-bond acceptors (Lipinski definition) is 4. The molecule has 0 bridgehead atoms. The smallest absolute Gasteiger partial charge is 0.319 e. The highest BCUT2D eigenvalue weighted by molar-refractivity contribution is 7.46. The van der Waals surface area contributed by atoms with Gasteiger partial charge in [-0.15, -0.1) is 0 Å². The molecule has 4 nitrogen and oxygen atoms in total. The summed E-state index contributed by atoms with van der Waals surface area (Å²) >= 11 is 0. The molecule has 0 aromatic heterocycles. The second-order valence-corrected chi connectivity index (χ2v) is 3.48. The number of phosphoric ester groups is 1. The van der Waals surface area contributed by atoms with E-state index in [4.69, 9.17) is 0 Å². The second-order valence-electron chi connectivity index (χ2n) is 2.03. The first-order valence-electron chi connectivity index (χ1n) is 3.25. The fraction of sp³-hybridized carbons (Fsp3) is 0.143. The Hall–Kier alpha value is -0.830. The van der Waals surface area contributed by atoms with E-state index >= 15 is 0 Å². The van der Waals surface area contributed by atoms with Gasteiger partial charge in [-0.1, -0.05) is 18.2 Å². The predicted octanol–water partition coefficient (Wildman–Crippen LogP) is 1.18. The van der Waals surface area contributed by atoms with Gasteiger partial charge in [0.05, 0.1) is 0 Å². The van der Waals surface area contributed by atoms with E-state index in [1.807, 2.05) is 0 Å². The van der Waals surface area contributed by atoms with Gasteiger partial charge in [-0.25, -0.2) is 0 Å².